The molecular weight excluding hydrogens is 150 g/mol. The molecule has 0 saturated carbocycles. The Labute approximate surface area is 66.7 Å². The van der Waals surface area contributed by atoms with Gasteiger partial charge in [0, 0.05) is 19.7 Å². The molecule has 0 aromatic carbocycles. The Morgan fingerprint density at radius 2 is 2.40 bits per heavy atom. The molecule has 0 spiro atoms. The fourth-order valence-corrected chi connectivity index (χ4v) is 0.744. The van der Waals surface area contributed by atoms with Gasteiger partial charge in [-0.05, 0) is 6.54 Å². The van der Waals surface area contributed by atoms with Crippen LogP contribution in [-0.4, -0.2) is 16.1 Å². The van der Waals surface area contributed by atoms with E-state index in [-0.39, 0.29) is 12.4 Å². The first kappa shape index (κ1) is 9.46. The SMILES string of the molecule is Cl.Cn1cnc(CCN)c1. The minimum atomic E-state index is 0. The lowest BCUT2D eigenvalue weighted by Gasteiger charge is -1.86. The van der Waals surface area contributed by atoms with E-state index in [2.05, 4.69) is 4.98 Å². The number of imidazole rings is 1. The molecule has 1 aromatic rings. The molecule has 0 saturated heterocycles. The fraction of sp³-hybridized carbons (Fsp3) is 0.500. The van der Waals surface area contributed by atoms with E-state index in [9.17, 15) is 0 Å². The van der Waals surface area contributed by atoms with E-state index >= 15 is 0 Å². The molecule has 0 radical (unpaired) electrons. The first-order valence-corrected chi connectivity index (χ1v) is 3.00. The second-order valence-corrected chi connectivity index (χ2v) is 2.07. The normalized spacial score (nSPS) is 9.00. The molecule has 58 valence electrons. The van der Waals surface area contributed by atoms with Gasteiger partial charge in [-0.25, -0.2) is 4.98 Å². The molecule has 3 nitrogen and oxygen atoms in total. The van der Waals surface area contributed by atoms with Crippen LogP contribution in [0.2, 0.25) is 0 Å². The highest BCUT2D eigenvalue weighted by Gasteiger charge is 1.91. The molecule has 0 amide bonds. The molecule has 0 aliphatic heterocycles. The van der Waals surface area contributed by atoms with Gasteiger partial charge in [-0.1, -0.05) is 0 Å². The maximum atomic E-state index is 5.32. The zero-order valence-electron chi connectivity index (χ0n) is 5.95. The highest BCUT2D eigenvalue weighted by Crippen LogP contribution is 1.92. The lowest BCUT2D eigenvalue weighted by molar-refractivity contribution is 0.906. The summed E-state index contributed by atoms with van der Waals surface area (Å²) in [5.74, 6) is 0. The van der Waals surface area contributed by atoms with Crippen LogP contribution in [0.5, 0.6) is 0 Å². The summed E-state index contributed by atoms with van der Waals surface area (Å²) in [5, 5.41) is 0. The highest BCUT2D eigenvalue weighted by molar-refractivity contribution is 5.85. The van der Waals surface area contributed by atoms with Gasteiger partial charge < -0.3 is 10.3 Å². The first-order valence-electron chi connectivity index (χ1n) is 3.00. The van der Waals surface area contributed by atoms with Crippen LogP contribution in [0.15, 0.2) is 12.5 Å². The van der Waals surface area contributed by atoms with Gasteiger partial charge in [-0.2, -0.15) is 0 Å². The molecule has 0 aliphatic carbocycles. The molecule has 0 aliphatic rings. The van der Waals surface area contributed by atoms with Crippen LogP contribution in [0.3, 0.4) is 0 Å². The number of nitrogens with two attached hydrogens (primary N) is 1. The number of rotatable bonds is 2. The lowest BCUT2D eigenvalue weighted by atomic mass is 10.3. The standard InChI is InChI=1S/C6H11N3.ClH/c1-9-4-6(2-3-7)8-5-9;/h4-5H,2-3,7H2,1H3;1H. The molecule has 1 aromatic heterocycles. The predicted molar refractivity (Wildman–Crippen MR) is 43.2 cm³/mol. The van der Waals surface area contributed by atoms with Crippen molar-refractivity contribution in [2.45, 2.75) is 6.42 Å². The molecule has 2 N–H and O–H groups in total. The average molecular weight is 162 g/mol. The number of hydrogen-bond acceptors (Lipinski definition) is 2. The van der Waals surface area contributed by atoms with Crippen molar-refractivity contribution >= 4 is 12.4 Å². The monoisotopic (exact) mass is 161 g/mol. The van der Waals surface area contributed by atoms with Crippen LogP contribution >= 0.6 is 12.4 Å². The molecule has 0 fully saturated rings. The Balaban J connectivity index is 0.000000810. The summed E-state index contributed by atoms with van der Waals surface area (Å²) in [5.41, 5.74) is 6.39. The highest BCUT2D eigenvalue weighted by atomic mass is 35.5. The molecule has 0 bridgehead atoms. The third kappa shape index (κ3) is 2.37. The number of aromatic nitrogens is 2. The van der Waals surface area contributed by atoms with Crippen LogP contribution in [0.4, 0.5) is 0 Å². The van der Waals surface area contributed by atoms with Gasteiger partial charge in [-0.15, -0.1) is 12.4 Å². The summed E-state index contributed by atoms with van der Waals surface area (Å²) >= 11 is 0. The minimum Gasteiger partial charge on any atom is -0.340 e. The summed E-state index contributed by atoms with van der Waals surface area (Å²) < 4.78 is 1.92. The first-order chi connectivity index (χ1) is 4.33. The summed E-state index contributed by atoms with van der Waals surface area (Å²) in [7, 11) is 1.95. The molecule has 1 heterocycles. The molecular formula is C6H12ClN3. The van der Waals surface area contributed by atoms with E-state index < -0.39 is 0 Å². The van der Waals surface area contributed by atoms with Crippen molar-refractivity contribution in [3.05, 3.63) is 18.2 Å². The Hall–Kier alpha value is -0.540. The molecule has 10 heavy (non-hydrogen) atoms. The molecule has 0 atom stereocenters. The maximum Gasteiger partial charge on any atom is 0.0946 e. The minimum absolute atomic E-state index is 0. The van der Waals surface area contributed by atoms with Crippen molar-refractivity contribution in [3.63, 3.8) is 0 Å². The average Bonchev–Trinajstić information content (AvgIpc) is 2.17. The van der Waals surface area contributed by atoms with Crippen molar-refractivity contribution in [3.8, 4) is 0 Å². The van der Waals surface area contributed by atoms with Gasteiger partial charge in [0.2, 0.25) is 0 Å². The Bertz CT molecular complexity index is 185. The largest absolute Gasteiger partial charge is 0.340 e. The third-order valence-electron chi connectivity index (χ3n) is 1.16. The zero-order chi connectivity index (χ0) is 6.69. The summed E-state index contributed by atoms with van der Waals surface area (Å²) in [6.45, 7) is 0.678. The predicted octanol–water partition coefficient (Wildman–Crippen LogP) is 0.343. The Morgan fingerprint density at radius 3 is 2.80 bits per heavy atom. The van der Waals surface area contributed by atoms with Crippen LogP contribution < -0.4 is 5.73 Å². The summed E-state index contributed by atoms with van der Waals surface area (Å²) in [6, 6.07) is 0. The second-order valence-electron chi connectivity index (χ2n) is 2.07. The Morgan fingerprint density at radius 1 is 1.70 bits per heavy atom. The van der Waals surface area contributed by atoms with E-state index in [0.717, 1.165) is 12.1 Å². The van der Waals surface area contributed by atoms with Gasteiger partial charge in [0.25, 0.3) is 0 Å². The lowest BCUT2D eigenvalue weighted by Crippen LogP contribution is -2.02. The van der Waals surface area contributed by atoms with Crippen molar-refractivity contribution in [1.29, 1.82) is 0 Å². The topological polar surface area (TPSA) is 43.8 Å². The van der Waals surface area contributed by atoms with Crippen molar-refractivity contribution in [1.82, 2.24) is 9.55 Å². The molecule has 4 heteroatoms. The van der Waals surface area contributed by atoms with Gasteiger partial charge in [0.15, 0.2) is 0 Å². The van der Waals surface area contributed by atoms with E-state index in [1.807, 2.05) is 17.8 Å². The second kappa shape index (κ2) is 4.30. The maximum absolute atomic E-state index is 5.32. The van der Waals surface area contributed by atoms with E-state index in [4.69, 9.17) is 5.73 Å². The van der Waals surface area contributed by atoms with Gasteiger partial charge >= 0.3 is 0 Å². The zero-order valence-corrected chi connectivity index (χ0v) is 6.77. The van der Waals surface area contributed by atoms with Crippen molar-refractivity contribution < 1.29 is 0 Å². The van der Waals surface area contributed by atoms with Gasteiger partial charge in [0.05, 0.1) is 12.0 Å². The van der Waals surface area contributed by atoms with Crippen LogP contribution in [0.1, 0.15) is 5.69 Å². The Kier molecular flexibility index (Phi) is 4.07. The number of nitrogens with zero attached hydrogens (tertiary/aromatic N) is 2. The fourth-order valence-electron chi connectivity index (χ4n) is 0.744. The van der Waals surface area contributed by atoms with Gasteiger partial charge in [0.1, 0.15) is 0 Å². The van der Waals surface area contributed by atoms with Crippen molar-refractivity contribution in [2.75, 3.05) is 6.54 Å². The number of halogens is 1. The number of aryl methyl sites for hydroxylation is 1. The van der Waals surface area contributed by atoms with Crippen LogP contribution in [0.25, 0.3) is 0 Å². The van der Waals surface area contributed by atoms with Crippen LogP contribution in [0, 0.1) is 0 Å². The molecule has 1 rings (SSSR count). The van der Waals surface area contributed by atoms with Crippen molar-refractivity contribution in [2.24, 2.45) is 12.8 Å². The summed E-state index contributed by atoms with van der Waals surface area (Å²) in [6.07, 6.45) is 4.64. The van der Waals surface area contributed by atoms with E-state index in [1.165, 1.54) is 0 Å². The van der Waals surface area contributed by atoms with Gasteiger partial charge in [-0.3, -0.25) is 0 Å². The van der Waals surface area contributed by atoms with E-state index in [0.29, 0.717) is 6.54 Å². The smallest absolute Gasteiger partial charge is 0.0946 e. The number of hydrogen-bond donors (Lipinski definition) is 1. The van der Waals surface area contributed by atoms with Crippen LogP contribution in [-0.2, 0) is 13.5 Å². The third-order valence-corrected chi connectivity index (χ3v) is 1.16. The summed E-state index contributed by atoms with van der Waals surface area (Å²) in [4.78, 5) is 4.09. The quantitative estimate of drug-likeness (QED) is 0.680. The molecule has 0 unspecified atom stereocenters. The van der Waals surface area contributed by atoms with E-state index in [1.54, 1.807) is 6.33 Å².